The van der Waals surface area contributed by atoms with Gasteiger partial charge in [0.15, 0.2) is 0 Å². The minimum absolute atomic E-state index is 0.0178. The SMILES string of the molecule is CCCCCCCCC/C=C/CCCCOC(=O)c1ccccc1C(=O)O. The van der Waals surface area contributed by atoms with Gasteiger partial charge in [-0.15, -0.1) is 0 Å². The molecule has 1 rings (SSSR count). The number of esters is 1. The molecule has 0 bridgehead atoms. The number of carboxylic acid groups (broad SMARTS) is 1. The van der Waals surface area contributed by atoms with Crippen molar-refractivity contribution in [2.75, 3.05) is 6.61 Å². The van der Waals surface area contributed by atoms with Crippen LogP contribution in [0.3, 0.4) is 0 Å². The number of allylic oxidation sites excluding steroid dienone is 2. The minimum Gasteiger partial charge on any atom is -0.478 e. The van der Waals surface area contributed by atoms with Crippen LogP contribution >= 0.6 is 0 Å². The maximum atomic E-state index is 12.0. The highest BCUT2D eigenvalue weighted by Gasteiger charge is 2.16. The van der Waals surface area contributed by atoms with Gasteiger partial charge in [0.1, 0.15) is 0 Å². The first kappa shape index (κ1) is 22.9. The van der Waals surface area contributed by atoms with E-state index in [1.807, 2.05) is 0 Å². The Bertz CT molecular complexity index is 577. The first-order valence-electron chi connectivity index (χ1n) is 10.3. The van der Waals surface area contributed by atoms with Crippen LogP contribution < -0.4 is 0 Å². The Kier molecular flexibility index (Phi) is 12.7. The Hall–Kier alpha value is -2.10. The van der Waals surface area contributed by atoms with Crippen molar-refractivity contribution in [3.05, 3.63) is 47.5 Å². The minimum atomic E-state index is -1.12. The van der Waals surface area contributed by atoms with Gasteiger partial charge in [-0.1, -0.05) is 69.7 Å². The largest absolute Gasteiger partial charge is 0.478 e. The van der Waals surface area contributed by atoms with E-state index in [4.69, 9.17) is 9.84 Å². The smallest absolute Gasteiger partial charge is 0.339 e. The first-order valence-corrected chi connectivity index (χ1v) is 10.3. The predicted molar refractivity (Wildman–Crippen MR) is 109 cm³/mol. The van der Waals surface area contributed by atoms with E-state index < -0.39 is 11.9 Å². The number of rotatable bonds is 15. The molecule has 1 aromatic carbocycles. The topological polar surface area (TPSA) is 63.6 Å². The van der Waals surface area contributed by atoms with Crippen molar-refractivity contribution in [1.29, 1.82) is 0 Å². The number of benzene rings is 1. The summed E-state index contributed by atoms with van der Waals surface area (Å²) in [4.78, 5) is 23.1. The molecule has 4 heteroatoms. The summed E-state index contributed by atoms with van der Waals surface area (Å²) < 4.78 is 5.19. The third-order valence-electron chi connectivity index (χ3n) is 4.52. The molecule has 0 aliphatic heterocycles. The molecule has 27 heavy (non-hydrogen) atoms. The van der Waals surface area contributed by atoms with Crippen molar-refractivity contribution < 1.29 is 19.4 Å². The van der Waals surface area contributed by atoms with Gasteiger partial charge in [0.2, 0.25) is 0 Å². The van der Waals surface area contributed by atoms with Gasteiger partial charge in [-0.05, 0) is 44.2 Å². The Labute approximate surface area is 163 Å². The van der Waals surface area contributed by atoms with Gasteiger partial charge in [-0.3, -0.25) is 0 Å². The molecule has 0 saturated heterocycles. The molecule has 150 valence electrons. The molecule has 0 aromatic heterocycles. The zero-order valence-corrected chi connectivity index (χ0v) is 16.6. The Balaban J connectivity index is 2.04. The molecule has 1 N–H and O–H groups in total. The third kappa shape index (κ3) is 10.6. The van der Waals surface area contributed by atoms with Gasteiger partial charge < -0.3 is 9.84 Å². The van der Waals surface area contributed by atoms with E-state index in [1.54, 1.807) is 12.1 Å². The maximum absolute atomic E-state index is 12.0. The highest BCUT2D eigenvalue weighted by atomic mass is 16.5. The van der Waals surface area contributed by atoms with E-state index in [2.05, 4.69) is 19.1 Å². The molecular formula is C23H34O4. The van der Waals surface area contributed by atoms with E-state index in [-0.39, 0.29) is 11.1 Å². The fraction of sp³-hybridized carbons (Fsp3) is 0.565. The zero-order chi connectivity index (χ0) is 19.7. The van der Waals surface area contributed by atoms with Crippen molar-refractivity contribution in [2.24, 2.45) is 0 Å². The average molecular weight is 375 g/mol. The number of ether oxygens (including phenoxy) is 1. The second kappa shape index (κ2) is 15.0. The molecule has 0 fully saturated rings. The summed E-state index contributed by atoms with van der Waals surface area (Å²) in [6.45, 7) is 2.56. The molecule has 0 unspecified atom stereocenters. The number of hydrogen-bond donors (Lipinski definition) is 1. The van der Waals surface area contributed by atoms with E-state index in [1.165, 1.54) is 57.1 Å². The summed E-state index contributed by atoms with van der Waals surface area (Å²) >= 11 is 0. The van der Waals surface area contributed by atoms with Crippen LogP contribution in [0.1, 0.15) is 98.3 Å². The van der Waals surface area contributed by atoms with Crippen LogP contribution in [-0.2, 0) is 4.74 Å². The standard InChI is InChI=1S/C23H34O4/c1-2-3-4-5-6-7-8-9-10-11-12-13-16-19-27-23(26)21-18-15-14-17-20(21)22(24)25/h10-11,14-15,17-18H,2-9,12-13,16,19H2,1H3,(H,24,25)/b11-10+. The van der Waals surface area contributed by atoms with Crippen molar-refractivity contribution in [3.63, 3.8) is 0 Å². The number of carboxylic acids is 1. The number of aromatic carboxylic acids is 1. The molecular weight excluding hydrogens is 340 g/mol. The van der Waals surface area contributed by atoms with Gasteiger partial charge in [-0.2, -0.15) is 0 Å². The molecule has 0 heterocycles. The lowest BCUT2D eigenvalue weighted by Crippen LogP contribution is -2.12. The van der Waals surface area contributed by atoms with Gasteiger partial charge >= 0.3 is 11.9 Å². The van der Waals surface area contributed by atoms with Crippen LogP contribution in [0.4, 0.5) is 0 Å². The van der Waals surface area contributed by atoms with Crippen LogP contribution in [0.5, 0.6) is 0 Å². The van der Waals surface area contributed by atoms with Crippen LogP contribution in [0, 0.1) is 0 Å². The number of carbonyl (C=O) groups is 2. The summed E-state index contributed by atoms with van der Waals surface area (Å²) in [5.74, 6) is -1.68. The highest BCUT2D eigenvalue weighted by molar-refractivity contribution is 6.02. The van der Waals surface area contributed by atoms with E-state index >= 15 is 0 Å². The fourth-order valence-corrected chi connectivity index (χ4v) is 2.91. The molecule has 0 amide bonds. The summed E-state index contributed by atoms with van der Waals surface area (Å²) in [5.41, 5.74) is 0.0930. The normalized spacial score (nSPS) is 11.0. The Morgan fingerprint density at radius 3 is 2.04 bits per heavy atom. The number of hydrogen-bond acceptors (Lipinski definition) is 3. The summed E-state index contributed by atoms with van der Waals surface area (Å²) in [5, 5.41) is 9.09. The van der Waals surface area contributed by atoms with Crippen LogP contribution in [0.25, 0.3) is 0 Å². The molecule has 0 spiro atoms. The average Bonchev–Trinajstić information content (AvgIpc) is 2.68. The monoisotopic (exact) mass is 374 g/mol. The van der Waals surface area contributed by atoms with E-state index in [0.29, 0.717) is 6.61 Å². The zero-order valence-electron chi connectivity index (χ0n) is 16.6. The van der Waals surface area contributed by atoms with Crippen LogP contribution in [0.2, 0.25) is 0 Å². The molecule has 0 aliphatic carbocycles. The molecule has 4 nitrogen and oxygen atoms in total. The lowest BCUT2D eigenvalue weighted by molar-refractivity contribution is 0.0488. The molecule has 0 radical (unpaired) electrons. The summed E-state index contributed by atoms with van der Waals surface area (Å²) in [6.07, 6.45) is 17.7. The second-order valence-electron chi connectivity index (χ2n) is 6.86. The van der Waals surface area contributed by atoms with Crippen LogP contribution in [-0.4, -0.2) is 23.7 Å². The Morgan fingerprint density at radius 2 is 1.41 bits per heavy atom. The molecule has 0 saturated carbocycles. The number of unbranched alkanes of at least 4 members (excludes halogenated alkanes) is 9. The summed E-state index contributed by atoms with van der Waals surface area (Å²) in [7, 11) is 0. The van der Waals surface area contributed by atoms with Gasteiger partial charge in [0, 0.05) is 0 Å². The quantitative estimate of drug-likeness (QED) is 0.219. The van der Waals surface area contributed by atoms with E-state index in [0.717, 1.165) is 25.7 Å². The predicted octanol–water partition coefficient (Wildman–Crippen LogP) is 6.41. The van der Waals surface area contributed by atoms with Crippen LogP contribution in [0.15, 0.2) is 36.4 Å². The maximum Gasteiger partial charge on any atom is 0.339 e. The van der Waals surface area contributed by atoms with Crippen molar-refractivity contribution in [2.45, 2.75) is 77.6 Å². The second-order valence-corrected chi connectivity index (χ2v) is 6.86. The highest BCUT2D eigenvalue weighted by Crippen LogP contribution is 2.11. The van der Waals surface area contributed by atoms with Crippen molar-refractivity contribution in [1.82, 2.24) is 0 Å². The van der Waals surface area contributed by atoms with Crippen molar-refractivity contribution >= 4 is 11.9 Å². The van der Waals surface area contributed by atoms with Gasteiger partial charge in [0.25, 0.3) is 0 Å². The third-order valence-corrected chi connectivity index (χ3v) is 4.52. The lowest BCUT2D eigenvalue weighted by atomic mass is 10.1. The fourth-order valence-electron chi connectivity index (χ4n) is 2.91. The first-order chi connectivity index (χ1) is 13.2. The van der Waals surface area contributed by atoms with E-state index in [9.17, 15) is 9.59 Å². The van der Waals surface area contributed by atoms with Gasteiger partial charge in [0.05, 0.1) is 17.7 Å². The Morgan fingerprint density at radius 1 is 0.852 bits per heavy atom. The van der Waals surface area contributed by atoms with Gasteiger partial charge in [-0.25, -0.2) is 9.59 Å². The number of carbonyl (C=O) groups excluding carboxylic acids is 1. The summed E-state index contributed by atoms with van der Waals surface area (Å²) in [6, 6.07) is 6.13. The van der Waals surface area contributed by atoms with Crippen molar-refractivity contribution in [3.8, 4) is 0 Å². The molecule has 0 atom stereocenters. The molecule has 1 aromatic rings. The lowest BCUT2D eigenvalue weighted by Gasteiger charge is -2.06. The molecule has 0 aliphatic rings.